The summed E-state index contributed by atoms with van der Waals surface area (Å²) >= 11 is 6.06. The third-order valence-corrected chi connectivity index (χ3v) is 2.97. The largest absolute Gasteiger partial charge is 0.495 e. The first-order valence-corrected chi connectivity index (χ1v) is 5.71. The summed E-state index contributed by atoms with van der Waals surface area (Å²) in [5.41, 5.74) is 1.72. The van der Waals surface area contributed by atoms with Gasteiger partial charge in [-0.15, -0.1) is 0 Å². The van der Waals surface area contributed by atoms with E-state index in [-0.39, 0.29) is 6.61 Å². The van der Waals surface area contributed by atoms with Gasteiger partial charge in [0.25, 0.3) is 0 Å². The number of hydrogen-bond donors (Lipinski definition) is 2. The molecule has 1 atom stereocenters. The highest BCUT2D eigenvalue weighted by Crippen LogP contribution is 2.33. The SMILES string of the molecule is COc1cc(C)c(Cl)cc1N(C)CC(O)CO. The van der Waals surface area contributed by atoms with Gasteiger partial charge in [0.15, 0.2) is 0 Å². The Morgan fingerprint density at radius 1 is 1.47 bits per heavy atom. The van der Waals surface area contributed by atoms with Crippen LogP contribution in [0.5, 0.6) is 5.75 Å². The standard InChI is InChI=1S/C12H18ClNO3/c1-8-4-12(17-3)11(5-10(8)13)14(2)6-9(16)7-15/h4-5,9,15-16H,6-7H2,1-3H3. The zero-order valence-corrected chi connectivity index (χ0v) is 11.0. The van der Waals surface area contributed by atoms with Gasteiger partial charge in [0.2, 0.25) is 0 Å². The van der Waals surface area contributed by atoms with Crippen LogP contribution in [-0.2, 0) is 0 Å². The van der Waals surface area contributed by atoms with Crippen LogP contribution >= 0.6 is 11.6 Å². The number of aryl methyl sites for hydroxylation is 1. The summed E-state index contributed by atoms with van der Waals surface area (Å²) in [6.07, 6.45) is -0.787. The Bertz CT molecular complexity index is 384. The molecule has 0 amide bonds. The second kappa shape index (κ2) is 6.10. The number of ether oxygens (including phenoxy) is 1. The van der Waals surface area contributed by atoms with E-state index in [4.69, 9.17) is 21.4 Å². The van der Waals surface area contributed by atoms with Crippen LogP contribution in [0.3, 0.4) is 0 Å². The average molecular weight is 260 g/mol. The molecule has 0 heterocycles. The van der Waals surface area contributed by atoms with E-state index in [0.717, 1.165) is 11.3 Å². The Hall–Kier alpha value is -0.970. The van der Waals surface area contributed by atoms with Crippen LogP contribution in [0.15, 0.2) is 12.1 Å². The predicted octanol–water partition coefficient (Wildman–Crippen LogP) is 1.45. The summed E-state index contributed by atoms with van der Waals surface area (Å²) in [5, 5.41) is 18.9. The maximum absolute atomic E-state index is 9.41. The van der Waals surface area contributed by atoms with Crippen LogP contribution in [0.1, 0.15) is 5.56 Å². The number of halogens is 1. The molecule has 1 aromatic rings. The maximum Gasteiger partial charge on any atom is 0.142 e. The number of rotatable bonds is 5. The molecule has 1 rings (SSSR count). The Morgan fingerprint density at radius 3 is 2.65 bits per heavy atom. The number of likely N-dealkylation sites (N-methyl/N-ethyl adjacent to an activating group) is 1. The van der Waals surface area contributed by atoms with Crippen LogP contribution < -0.4 is 9.64 Å². The summed E-state index contributed by atoms with van der Waals surface area (Å²) in [6.45, 7) is 1.94. The quantitative estimate of drug-likeness (QED) is 0.840. The molecular formula is C12H18ClNO3. The highest BCUT2D eigenvalue weighted by molar-refractivity contribution is 6.31. The van der Waals surface area contributed by atoms with Crippen LogP contribution in [-0.4, -0.2) is 43.6 Å². The van der Waals surface area contributed by atoms with Crippen molar-refractivity contribution in [2.45, 2.75) is 13.0 Å². The molecule has 0 bridgehead atoms. The zero-order chi connectivity index (χ0) is 13.0. The molecule has 0 aliphatic rings. The highest BCUT2D eigenvalue weighted by atomic mass is 35.5. The van der Waals surface area contributed by atoms with Gasteiger partial charge in [-0.2, -0.15) is 0 Å². The normalized spacial score (nSPS) is 12.4. The molecule has 0 aromatic heterocycles. The third-order valence-electron chi connectivity index (χ3n) is 2.57. The van der Waals surface area contributed by atoms with Gasteiger partial charge in [0.05, 0.1) is 25.5 Å². The van der Waals surface area contributed by atoms with Gasteiger partial charge in [-0.05, 0) is 24.6 Å². The van der Waals surface area contributed by atoms with E-state index in [2.05, 4.69) is 0 Å². The van der Waals surface area contributed by atoms with E-state index in [1.165, 1.54) is 0 Å². The Labute approximate surface area is 106 Å². The van der Waals surface area contributed by atoms with Crippen LogP contribution in [0.25, 0.3) is 0 Å². The first-order valence-electron chi connectivity index (χ1n) is 5.33. The lowest BCUT2D eigenvalue weighted by atomic mass is 10.2. The van der Waals surface area contributed by atoms with Crippen molar-refractivity contribution >= 4 is 17.3 Å². The Kier molecular flexibility index (Phi) is 5.05. The van der Waals surface area contributed by atoms with E-state index in [1.807, 2.05) is 20.0 Å². The first kappa shape index (κ1) is 14.1. The minimum atomic E-state index is -0.787. The van der Waals surface area contributed by atoms with Gasteiger partial charge >= 0.3 is 0 Å². The van der Waals surface area contributed by atoms with Crippen molar-refractivity contribution in [2.75, 3.05) is 32.2 Å². The van der Waals surface area contributed by atoms with Crippen molar-refractivity contribution < 1.29 is 14.9 Å². The molecule has 0 saturated carbocycles. The number of aliphatic hydroxyl groups excluding tert-OH is 2. The van der Waals surface area contributed by atoms with Crippen LogP contribution in [0.4, 0.5) is 5.69 Å². The topological polar surface area (TPSA) is 52.9 Å². The molecule has 0 aliphatic carbocycles. The fourth-order valence-electron chi connectivity index (χ4n) is 1.58. The minimum absolute atomic E-state index is 0.272. The number of anilines is 1. The zero-order valence-electron chi connectivity index (χ0n) is 10.3. The molecular weight excluding hydrogens is 242 g/mol. The van der Waals surface area contributed by atoms with Crippen LogP contribution in [0.2, 0.25) is 5.02 Å². The summed E-state index contributed by atoms with van der Waals surface area (Å²) < 4.78 is 5.27. The van der Waals surface area contributed by atoms with Gasteiger partial charge in [-0.1, -0.05) is 11.6 Å². The molecule has 0 saturated heterocycles. The van der Waals surface area contributed by atoms with Gasteiger partial charge in [0, 0.05) is 18.6 Å². The predicted molar refractivity (Wildman–Crippen MR) is 69.1 cm³/mol. The third kappa shape index (κ3) is 3.49. The summed E-state index contributed by atoms with van der Waals surface area (Å²) in [6, 6.07) is 3.64. The lowest BCUT2D eigenvalue weighted by Gasteiger charge is -2.24. The minimum Gasteiger partial charge on any atom is -0.495 e. The van der Waals surface area contributed by atoms with Crippen molar-refractivity contribution in [3.05, 3.63) is 22.7 Å². The lowest BCUT2D eigenvalue weighted by molar-refractivity contribution is 0.101. The number of benzene rings is 1. The van der Waals surface area contributed by atoms with E-state index >= 15 is 0 Å². The molecule has 1 unspecified atom stereocenters. The lowest BCUT2D eigenvalue weighted by Crippen LogP contribution is -2.31. The second-order valence-corrected chi connectivity index (χ2v) is 4.40. The number of methoxy groups -OCH3 is 1. The fraction of sp³-hybridized carbons (Fsp3) is 0.500. The van der Waals surface area contributed by atoms with Crippen LogP contribution in [0, 0.1) is 6.92 Å². The first-order chi connectivity index (χ1) is 7.99. The molecule has 1 aromatic carbocycles. The number of hydrogen-bond acceptors (Lipinski definition) is 4. The highest BCUT2D eigenvalue weighted by Gasteiger charge is 2.13. The number of aliphatic hydroxyl groups is 2. The molecule has 5 heteroatoms. The van der Waals surface area contributed by atoms with E-state index in [9.17, 15) is 5.11 Å². The van der Waals surface area contributed by atoms with Crippen molar-refractivity contribution in [1.82, 2.24) is 0 Å². The molecule has 0 radical (unpaired) electrons. The van der Waals surface area contributed by atoms with Gasteiger partial charge in [-0.25, -0.2) is 0 Å². The Morgan fingerprint density at radius 2 is 2.12 bits per heavy atom. The molecule has 2 N–H and O–H groups in total. The molecule has 0 aliphatic heterocycles. The van der Waals surface area contributed by atoms with Gasteiger partial charge in [-0.3, -0.25) is 0 Å². The molecule has 4 nitrogen and oxygen atoms in total. The van der Waals surface area contributed by atoms with Gasteiger partial charge in [0.1, 0.15) is 5.75 Å². The molecule has 0 fully saturated rings. The monoisotopic (exact) mass is 259 g/mol. The molecule has 0 spiro atoms. The maximum atomic E-state index is 9.41. The van der Waals surface area contributed by atoms with Crippen molar-refractivity contribution in [3.63, 3.8) is 0 Å². The van der Waals surface area contributed by atoms with E-state index in [0.29, 0.717) is 17.3 Å². The summed E-state index contributed by atoms with van der Waals surface area (Å²) in [7, 11) is 3.39. The van der Waals surface area contributed by atoms with E-state index in [1.54, 1.807) is 18.1 Å². The molecule has 96 valence electrons. The summed E-state index contributed by atoms with van der Waals surface area (Å²) in [4.78, 5) is 1.80. The van der Waals surface area contributed by atoms with Crippen molar-refractivity contribution in [2.24, 2.45) is 0 Å². The van der Waals surface area contributed by atoms with Crippen molar-refractivity contribution in [1.29, 1.82) is 0 Å². The second-order valence-electron chi connectivity index (χ2n) is 3.99. The Balaban J connectivity index is 2.99. The molecule has 17 heavy (non-hydrogen) atoms. The van der Waals surface area contributed by atoms with Crippen molar-refractivity contribution in [3.8, 4) is 5.75 Å². The smallest absolute Gasteiger partial charge is 0.142 e. The summed E-state index contributed by atoms with van der Waals surface area (Å²) in [5.74, 6) is 0.694. The van der Waals surface area contributed by atoms with E-state index < -0.39 is 6.10 Å². The fourth-order valence-corrected chi connectivity index (χ4v) is 1.74. The average Bonchev–Trinajstić information content (AvgIpc) is 2.31. The van der Waals surface area contributed by atoms with Gasteiger partial charge < -0.3 is 19.8 Å². The number of nitrogens with zero attached hydrogens (tertiary/aromatic N) is 1.